The standard InChI is InChI=1S/C18H21N5O3/c1-3-22-17(25)15-11-21(7-8-23(15)18(22)26)12(2)16(24)20-14-6-4-5-13(9-14)10-19/h4-6,9,12,15H,3,7-8,11H2,1-2H3,(H,20,24)/t12-,15-/m0/s1. The number of anilines is 1. The number of urea groups is 1. The number of hydrogen-bond donors (Lipinski definition) is 1. The number of nitrogens with one attached hydrogen (secondary N) is 1. The number of nitriles is 1. The van der Waals surface area contributed by atoms with Crippen LogP contribution in [0.1, 0.15) is 19.4 Å². The van der Waals surface area contributed by atoms with Crippen LogP contribution in [0.5, 0.6) is 0 Å². The first-order valence-electron chi connectivity index (χ1n) is 8.63. The molecule has 2 aliphatic heterocycles. The Labute approximate surface area is 152 Å². The summed E-state index contributed by atoms with van der Waals surface area (Å²) in [5, 5.41) is 11.8. The van der Waals surface area contributed by atoms with E-state index in [2.05, 4.69) is 5.32 Å². The fourth-order valence-electron chi connectivity index (χ4n) is 3.40. The van der Waals surface area contributed by atoms with E-state index in [1.54, 1.807) is 43.0 Å². The van der Waals surface area contributed by atoms with E-state index < -0.39 is 12.1 Å². The Kier molecular flexibility index (Phi) is 4.91. The van der Waals surface area contributed by atoms with Crippen LogP contribution < -0.4 is 5.32 Å². The number of piperazine rings is 1. The second-order valence-electron chi connectivity index (χ2n) is 6.43. The highest BCUT2D eigenvalue weighted by Gasteiger charge is 2.47. The van der Waals surface area contributed by atoms with Gasteiger partial charge in [-0.1, -0.05) is 6.07 Å². The smallest absolute Gasteiger partial charge is 0.325 e. The van der Waals surface area contributed by atoms with Crippen molar-refractivity contribution in [2.75, 3.05) is 31.5 Å². The van der Waals surface area contributed by atoms with Crippen molar-refractivity contribution in [3.8, 4) is 6.07 Å². The lowest BCUT2D eigenvalue weighted by molar-refractivity contribution is -0.131. The van der Waals surface area contributed by atoms with Gasteiger partial charge in [-0.3, -0.25) is 19.4 Å². The molecule has 2 atom stereocenters. The van der Waals surface area contributed by atoms with E-state index in [1.807, 2.05) is 11.0 Å². The lowest BCUT2D eigenvalue weighted by Crippen LogP contribution is -2.57. The van der Waals surface area contributed by atoms with Gasteiger partial charge in [-0.15, -0.1) is 0 Å². The lowest BCUT2D eigenvalue weighted by Gasteiger charge is -2.38. The summed E-state index contributed by atoms with van der Waals surface area (Å²) in [6.07, 6.45) is 0. The number of imide groups is 1. The summed E-state index contributed by atoms with van der Waals surface area (Å²) >= 11 is 0. The summed E-state index contributed by atoms with van der Waals surface area (Å²) in [7, 11) is 0. The maximum absolute atomic E-state index is 12.6. The highest BCUT2D eigenvalue weighted by Crippen LogP contribution is 2.23. The van der Waals surface area contributed by atoms with Gasteiger partial charge >= 0.3 is 6.03 Å². The van der Waals surface area contributed by atoms with Gasteiger partial charge in [0.25, 0.3) is 5.91 Å². The quantitative estimate of drug-likeness (QED) is 0.808. The first-order valence-corrected chi connectivity index (χ1v) is 8.63. The zero-order valence-corrected chi connectivity index (χ0v) is 14.8. The zero-order chi connectivity index (χ0) is 18.8. The summed E-state index contributed by atoms with van der Waals surface area (Å²) < 4.78 is 0. The third-order valence-electron chi connectivity index (χ3n) is 4.94. The molecule has 4 amide bonds. The largest absolute Gasteiger partial charge is 0.327 e. The Bertz CT molecular complexity index is 787. The highest BCUT2D eigenvalue weighted by atomic mass is 16.2. The molecule has 2 aliphatic rings. The topological polar surface area (TPSA) is 96.8 Å². The second kappa shape index (κ2) is 7.14. The van der Waals surface area contributed by atoms with E-state index >= 15 is 0 Å². The lowest BCUT2D eigenvalue weighted by atomic mass is 10.1. The van der Waals surface area contributed by atoms with E-state index in [0.717, 1.165) is 0 Å². The van der Waals surface area contributed by atoms with Gasteiger partial charge in [-0.05, 0) is 32.0 Å². The monoisotopic (exact) mass is 355 g/mol. The van der Waals surface area contributed by atoms with Crippen molar-refractivity contribution in [3.05, 3.63) is 29.8 Å². The molecular formula is C18H21N5O3. The number of amides is 4. The average molecular weight is 355 g/mol. The summed E-state index contributed by atoms with van der Waals surface area (Å²) in [5.41, 5.74) is 1.03. The van der Waals surface area contributed by atoms with E-state index in [4.69, 9.17) is 5.26 Å². The van der Waals surface area contributed by atoms with Crippen molar-refractivity contribution in [1.82, 2.24) is 14.7 Å². The molecule has 0 aliphatic carbocycles. The van der Waals surface area contributed by atoms with Gasteiger partial charge < -0.3 is 10.2 Å². The molecule has 2 saturated heterocycles. The van der Waals surface area contributed by atoms with Crippen LogP contribution in [-0.4, -0.2) is 70.8 Å². The fraction of sp³-hybridized carbons (Fsp3) is 0.444. The first-order chi connectivity index (χ1) is 12.5. The van der Waals surface area contributed by atoms with Crippen LogP contribution >= 0.6 is 0 Å². The molecule has 0 bridgehead atoms. The minimum Gasteiger partial charge on any atom is -0.325 e. The molecular weight excluding hydrogens is 334 g/mol. The summed E-state index contributed by atoms with van der Waals surface area (Å²) in [5.74, 6) is -0.408. The molecule has 26 heavy (non-hydrogen) atoms. The molecule has 136 valence electrons. The van der Waals surface area contributed by atoms with Crippen molar-refractivity contribution < 1.29 is 14.4 Å². The van der Waals surface area contributed by atoms with Gasteiger partial charge in [-0.25, -0.2) is 4.79 Å². The molecule has 1 aromatic carbocycles. The normalized spacial score (nSPS) is 21.3. The molecule has 0 radical (unpaired) electrons. The van der Waals surface area contributed by atoms with Crippen LogP contribution in [0.15, 0.2) is 24.3 Å². The van der Waals surface area contributed by atoms with Crippen LogP contribution in [0.25, 0.3) is 0 Å². The minimum atomic E-state index is -0.520. The van der Waals surface area contributed by atoms with Gasteiger partial charge in [0.05, 0.1) is 17.7 Å². The maximum Gasteiger partial charge on any atom is 0.327 e. The number of nitrogens with zero attached hydrogens (tertiary/aromatic N) is 4. The molecule has 0 saturated carbocycles. The Morgan fingerprint density at radius 2 is 2.15 bits per heavy atom. The summed E-state index contributed by atoms with van der Waals surface area (Å²) in [6.45, 7) is 5.20. The van der Waals surface area contributed by atoms with Crippen molar-refractivity contribution in [2.45, 2.75) is 25.9 Å². The number of hydrogen-bond acceptors (Lipinski definition) is 5. The molecule has 1 aromatic rings. The minimum absolute atomic E-state index is 0.198. The third-order valence-corrected chi connectivity index (χ3v) is 4.94. The number of benzene rings is 1. The Morgan fingerprint density at radius 3 is 2.85 bits per heavy atom. The second-order valence-corrected chi connectivity index (χ2v) is 6.43. The van der Waals surface area contributed by atoms with E-state index in [1.165, 1.54) is 4.90 Å². The Balaban J connectivity index is 1.66. The van der Waals surface area contributed by atoms with Crippen molar-refractivity contribution in [1.29, 1.82) is 5.26 Å². The number of carbonyl (C=O) groups excluding carboxylic acids is 3. The molecule has 2 fully saturated rings. The van der Waals surface area contributed by atoms with Crippen molar-refractivity contribution in [3.63, 3.8) is 0 Å². The van der Waals surface area contributed by atoms with Crippen LogP contribution in [0, 0.1) is 11.3 Å². The van der Waals surface area contributed by atoms with Gasteiger partial charge in [0, 0.05) is 31.9 Å². The van der Waals surface area contributed by atoms with Gasteiger partial charge in [-0.2, -0.15) is 5.26 Å². The molecule has 1 N–H and O–H groups in total. The van der Waals surface area contributed by atoms with E-state index in [9.17, 15) is 14.4 Å². The Hall–Kier alpha value is -2.92. The van der Waals surface area contributed by atoms with Crippen molar-refractivity contribution >= 4 is 23.5 Å². The SMILES string of the molecule is CCN1C(=O)[C@@H]2CN([C@@H](C)C(=O)Nc3cccc(C#N)c3)CCN2C1=O. The summed E-state index contributed by atoms with van der Waals surface area (Å²) in [6, 6.07) is 7.53. The van der Waals surface area contributed by atoms with Gasteiger partial charge in [0.15, 0.2) is 0 Å². The van der Waals surface area contributed by atoms with Crippen LogP contribution in [-0.2, 0) is 9.59 Å². The van der Waals surface area contributed by atoms with E-state index in [0.29, 0.717) is 37.4 Å². The van der Waals surface area contributed by atoms with Crippen molar-refractivity contribution in [2.24, 2.45) is 0 Å². The predicted molar refractivity (Wildman–Crippen MR) is 94.1 cm³/mol. The first kappa shape index (κ1) is 17.9. The molecule has 0 unspecified atom stereocenters. The molecule has 0 spiro atoms. The van der Waals surface area contributed by atoms with Crippen LogP contribution in [0.2, 0.25) is 0 Å². The molecule has 8 nitrogen and oxygen atoms in total. The molecule has 8 heteroatoms. The fourth-order valence-corrected chi connectivity index (χ4v) is 3.40. The van der Waals surface area contributed by atoms with Gasteiger partial charge in [0.1, 0.15) is 6.04 Å². The molecule has 0 aromatic heterocycles. The average Bonchev–Trinajstić information content (AvgIpc) is 2.90. The number of fused-ring (bicyclic) bond motifs is 1. The zero-order valence-electron chi connectivity index (χ0n) is 14.8. The number of rotatable bonds is 4. The maximum atomic E-state index is 12.6. The van der Waals surface area contributed by atoms with Gasteiger partial charge in [0.2, 0.25) is 5.91 Å². The van der Waals surface area contributed by atoms with E-state index in [-0.39, 0.29) is 17.8 Å². The summed E-state index contributed by atoms with van der Waals surface area (Å²) in [4.78, 5) is 41.9. The highest BCUT2D eigenvalue weighted by molar-refractivity contribution is 6.04. The van der Waals surface area contributed by atoms with Crippen LogP contribution in [0.4, 0.5) is 10.5 Å². The Morgan fingerprint density at radius 1 is 1.38 bits per heavy atom. The predicted octanol–water partition coefficient (Wildman–Crippen LogP) is 0.854. The number of carbonyl (C=O) groups is 3. The number of likely N-dealkylation sites (N-methyl/N-ethyl adjacent to an activating group) is 1. The third kappa shape index (κ3) is 3.13. The molecule has 2 heterocycles. The van der Waals surface area contributed by atoms with Crippen LogP contribution in [0.3, 0.4) is 0 Å². The molecule has 3 rings (SSSR count).